The number of methoxy groups -OCH3 is 1. The van der Waals surface area contributed by atoms with Gasteiger partial charge < -0.3 is 9.47 Å². The van der Waals surface area contributed by atoms with Crippen LogP contribution in [0.5, 0.6) is 0 Å². The van der Waals surface area contributed by atoms with E-state index in [1.54, 1.807) is 0 Å². The van der Waals surface area contributed by atoms with Crippen molar-refractivity contribution in [2.24, 2.45) is 0 Å². The average Bonchev–Trinajstić information content (AvgIpc) is 2.59. The minimum absolute atomic E-state index is 0. The van der Waals surface area contributed by atoms with Gasteiger partial charge in [0.25, 0.3) is 0 Å². The van der Waals surface area contributed by atoms with E-state index in [0.29, 0.717) is 13.2 Å². The van der Waals surface area contributed by atoms with Crippen LogP contribution in [0.2, 0.25) is 0 Å². The Balaban J connectivity index is 0.00000264. The van der Waals surface area contributed by atoms with Gasteiger partial charge in [-0.3, -0.25) is 10.1 Å². The molecule has 0 saturated heterocycles. The van der Waals surface area contributed by atoms with Gasteiger partial charge in [-0.25, -0.2) is 0 Å². The number of hydrogen-bond donors (Lipinski definition) is 1. The second-order valence-electron chi connectivity index (χ2n) is 4.94. The highest BCUT2D eigenvalue weighted by Crippen LogP contribution is 2.03. The standard InChI is InChI=1S/C18H21NO3.ClH/c1-21-18(20)17(19-12-15-8-4-2-5-9-15)14-22-13-16-10-6-3-7-11-16;/h2-11,17,19H,12-14H2,1H3;1H/t17-;/m0./s1. The lowest BCUT2D eigenvalue weighted by molar-refractivity contribution is -0.145. The van der Waals surface area contributed by atoms with Crippen molar-refractivity contribution < 1.29 is 14.3 Å². The summed E-state index contributed by atoms with van der Waals surface area (Å²) in [5.74, 6) is -0.316. The molecular weight excluding hydrogens is 314 g/mol. The fraction of sp³-hybridized carbons (Fsp3) is 0.278. The topological polar surface area (TPSA) is 47.6 Å². The predicted molar refractivity (Wildman–Crippen MR) is 92.4 cm³/mol. The predicted octanol–water partition coefficient (Wildman–Crippen LogP) is 2.96. The first-order chi connectivity index (χ1) is 10.8. The van der Waals surface area contributed by atoms with Crippen LogP contribution < -0.4 is 5.32 Å². The molecule has 124 valence electrons. The first kappa shape index (κ1) is 19.2. The molecule has 0 aliphatic heterocycles. The third-order valence-electron chi connectivity index (χ3n) is 3.28. The van der Waals surface area contributed by atoms with Crippen molar-refractivity contribution in [1.82, 2.24) is 5.32 Å². The molecule has 0 spiro atoms. The molecular formula is C18H22ClNO3. The van der Waals surface area contributed by atoms with Crippen molar-refractivity contribution in [3.05, 3.63) is 71.8 Å². The minimum Gasteiger partial charge on any atom is -0.468 e. The zero-order valence-electron chi connectivity index (χ0n) is 13.1. The van der Waals surface area contributed by atoms with E-state index in [1.165, 1.54) is 7.11 Å². The van der Waals surface area contributed by atoms with Crippen molar-refractivity contribution in [2.75, 3.05) is 13.7 Å². The van der Waals surface area contributed by atoms with E-state index in [9.17, 15) is 4.79 Å². The van der Waals surface area contributed by atoms with E-state index >= 15 is 0 Å². The van der Waals surface area contributed by atoms with Gasteiger partial charge in [-0.15, -0.1) is 12.4 Å². The van der Waals surface area contributed by atoms with E-state index in [4.69, 9.17) is 9.47 Å². The summed E-state index contributed by atoms with van der Waals surface area (Å²) in [5.41, 5.74) is 2.19. The normalized spacial score (nSPS) is 11.3. The summed E-state index contributed by atoms with van der Waals surface area (Å²) < 4.78 is 10.5. The Labute approximate surface area is 143 Å². The Morgan fingerprint density at radius 2 is 1.57 bits per heavy atom. The second kappa shape index (κ2) is 10.8. The molecule has 0 unspecified atom stereocenters. The summed E-state index contributed by atoms with van der Waals surface area (Å²) in [7, 11) is 1.39. The molecule has 0 aliphatic carbocycles. The van der Waals surface area contributed by atoms with E-state index < -0.39 is 6.04 Å². The number of hydrogen-bond acceptors (Lipinski definition) is 4. The third kappa shape index (κ3) is 6.82. The highest BCUT2D eigenvalue weighted by molar-refractivity contribution is 5.85. The fourth-order valence-electron chi connectivity index (χ4n) is 2.06. The van der Waals surface area contributed by atoms with Gasteiger partial charge in [0.2, 0.25) is 0 Å². The molecule has 2 aromatic carbocycles. The quantitative estimate of drug-likeness (QED) is 0.753. The lowest BCUT2D eigenvalue weighted by Gasteiger charge is -2.16. The van der Waals surface area contributed by atoms with Gasteiger partial charge in [-0.2, -0.15) is 0 Å². The largest absolute Gasteiger partial charge is 0.468 e. The molecule has 0 radical (unpaired) electrons. The Hall–Kier alpha value is -1.88. The lowest BCUT2D eigenvalue weighted by atomic mass is 10.2. The van der Waals surface area contributed by atoms with Crippen LogP contribution in [0.3, 0.4) is 0 Å². The maximum absolute atomic E-state index is 11.8. The molecule has 4 nitrogen and oxygen atoms in total. The number of ether oxygens (including phenoxy) is 2. The van der Waals surface area contributed by atoms with Crippen molar-refractivity contribution >= 4 is 18.4 Å². The molecule has 0 aliphatic rings. The average molecular weight is 336 g/mol. The van der Waals surface area contributed by atoms with Crippen molar-refractivity contribution in [3.8, 4) is 0 Å². The molecule has 2 aromatic rings. The molecule has 0 amide bonds. The van der Waals surface area contributed by atoms with Crippen LogP contribution in [-0.4, -0.2) is 25.7 Å². The minimum atomic E-state index is -0.478. The van der Waals surface area contributed by atoms with Crippen molar-refractivity contribution in [3.63, 3.8) is 0 Å². The van der Waals surface area contributed by atoms with Crippen LogP contribution in [0.25, 0.3) is 0 Å². The second-order valence-corrected chi connectivity index (χ2v) is 4.94. The zero-order chi connectivity index (χ0) is 15.6. The number of rotatable bonds is 8. The molecule has 1 N–H and O–H groups in total. The molecule has 1 atom stereocenters. The van der Waals surface area contributed by atoms with Gasteiger partial charge in [0.15, 0.2) is 0 Å². The Morgan fingerprint density at radius 3 is 2.13 bits per heavy atom. The number of halogens is 1. The summed E-state index contributed by atoms with van der Waals surface area (Å²) in [6.45, 7) is 1.34. The van der Waals surface area contributed by atoms with Crippen LogP contribution in [0.4, 0.5) is 0 Å². The van der Waals surface area contributed by atoms with Gasteiger partial charge in [0.05, 0.1) is 20.3 Å². The smallest absolute Gasteiger partial charge is 0.325 e. The number of carbonyl (C=O) groups is 1. The van der Waals surface area contributed by atoms with Crippen LogP contribution in [0.1, 0.15) is 11.1 Å². The first-order valence-electron chi connectivity index (χ1n) is 7.26. The van der Waals surface area contributed by atoms with Crippen molar-refractivity contribution in [2.45, 2.75) is 19.2 Å². The molecule has 5 heteroatoms. The van der Waals surface area contributed by atoms with E-state index in [-0.39, 0.29) is 25.0 Å². The summed E-state index contributed by atoms with van der Waals surface area (Å²) in [6.07, 6.45) is 0. The highest BCUT2D eigenvalue weighted by atomic mass is 35.5. The molecule has 2 rings (SSSR count). The van der Waals surface area contributed by atoms with Crippen molar-refractivity contribution in [1.29, 1.82) is 0 Å². The summed E-state index contributed by atoms with van der Waals surface area (Å²) in [6, 6.07) is 19.3. The monoisotopic (exact) mass is 335 g/mol. The Kier molecular flexibility index (Phi) is 8.98. The molecule has 0 aromatic heterocycles. The number of carbonyl (C=O) groups excluding carboxylic acids is 1. The number of esters is 1. The van der Waals surface area contributed by atoms with Gasteiger partial charge >= 0.3 is 5.97 Å². The summed E-state index contributed by atoms with van der Waals surface area (Å²) in [5, 5.41) is 3.17. The Bertz CT molecular complexity index is 563. The maximum atomic E-state index is 11.8. The first-order valence-corrected chi connectivity index (χ1v) is 7.26. The lowest BCUT2D eigenvalue weighted by Crippen LogP contribution is -2.41. The SMILES string of the molecule is COC(=O)[C@H](COCc1ccccc1)NCc1ccccc1.Cl. The van der Waals surface area contributed by atoms with Crippen LogP contribution in [0.15, 0.2) is 60.7 Å². The molecule has 0 heterocycles. The van der Waals surface area contributed by atoms with Gasteiger partial charge in [0, 0.05) is 6.54 Å². The van der Waals surface area contributed by atoms with Gasteiger partial charge in [-0.1, -0.05) is 60.7 Å². The van der Waals surface area contributed by atoms with Crippen LogP contribution in [-0.2, 0) is 27.4 Å². The van der Waals surface area contributed by atoms with E-state index in [1.807, 2.05) is 60.7 Å². The summed E-state index contributed by atoms with van der Waals surface area (Å²) >= 11 is 0. The van der Waals surface area contributed by atoms with E-state index in [0.717, 1.165) is 11.1 Å². The number of nitrogens with one attached hydrogen (secondary N) is 1. The van der Waals surface area contributed by atoms with E-state index in [2.05, 4.69) is 5.32 Å². The molecule has 0 bridgehead atoms. The molecule has 0 fully saturated rings. The maximum Gasteiger partial charge on any atom is 0.325 e. The third-order valence-corrected chi connectivity index (χ3v) is 3.28. The zero-order valence-corrected chi connectivity index (χ0v) is 13.9. The van der Waals surface area contributed by atoms with Crippen LogP contribution >= 0.6 is 12.4 Å². The van der Waals surface area contributed by atoms with Crippen LogP contribution in [0, 0.1) is 0 Å². The molecule has 0 saturated carbocycles. The Morgan fingerprint density at radius 1 is 1.00 bits per heavy atom. The van der Waals surface area contributed by atoms with Gasteiger partial charge in [0.1, 0.15) is 6.04 Å². The molecule has 23 heavy (non-hydrogen) atoms. The highest BCUT2D eigenvalue weighted by Gasteiger charge is 2.18. The fourth-order valence-corrected chi connectivity index (χ4v) is 2.06. The summed E-state index contributed by atoms with van der Waals surface area (Å²) in [4.78, 5) is 11.8. The number of benzene rings is 2. The van der Waals surface area contributed by atoms with Gasteiger partial charge in [-0.05, 0) is 11.1 Å².